The molecule has 184 valence electrons. The molecule has 5 rings (SSSR count). The second kappa shape index (κ2) is 8.27. The molecule has 1 aliphatic rings. The van der Waals surface area contributed by atoms with Crippen molar-refractivity contribution in [2.75, 3.05) is 6.67 Å². The van der Waals surface area contributed by atoms with E-state index in [1.165, 1.54) is 22.8 Å². The number of hydrogen-bond donors (Lipinski definition) is 1. The number of rotatable bonds is 8. The molecule has 0 aliphatic heterocycles. The molecule has 0 radical (unpaired) electrons. The molecule has 3 heterocycles. The maximum atomic E-state index is 13.5. The highest BCUT2D eigenvalue weighted by atomic mass is 32.2. The van der Waals surface area contributed by atoms with Crippen molar-refractivity contribution < 1.29 is 12.8 Å². The average Bonchev–Trinajstić information content (AvgIpc) is 3.27. The Morgan fingerprint density at radius 2 is 1.89 bits per heavy atom. The highest BCUT2D eigenvalue weighted by Crippen LogP contribution is 2.37. The topological polar surface area (TPSA) is 126 Å². The van der Waals surface area contributed by atoms with Gasteiger partial charge in [-0.15, -0.1) is 0 Å². The number of aromatic nitrogens is 6. The number of alkyl halides is 1. The molecule has 35 heavy (non-hydrogen) atoms. The Balaban J connectivity index is 1.69. The van der Waals surface area contributed by atoms with Crippen LogP contribution in [0.3, 0.4) is 0 Å². The minimum Gasteiger partial charge on any atom is -0.336 e. The second-order valence-corrected chi connectivity index (χ2v) is 10.7. The lowest BCUT2D eigenvalue weighted by atomic mass is 10.2. The first-order chi connectivity index (χ1) is 16.6. The lowest BCUT2D eigenvalue weighted by Gasteiger charge is -2.16. The minimum atomic E-state index is -4.08. The lowest BCUT2D eigenvalue weighted by molar-refractivity contribution is 0.393. The van der Waals surface area contributed by atoms with Crippen molar-refractivity contribution in [3.63, 3.8) is 0 Å². The molecular weight excluding hydrogens is 477 g/mol. The van der Waals surface area contributed by atoms with Crippen LogP contribution in [-0.4, -0.2) is 49.1 Å². The molecule has 1 aliphatic carbocycles. The maximum absolute atomic E-state index is 13.5. The van der Waals surface area contributed by atoms with Crippen LogP contribution in [0.5, 0.6) is 0 Å². The van der Waals surface area contributed by atoms with Crippen LogP contribution in [0.15, 0.2) is 57.6 Å². The van der Waals surface area contributed by atoms with Crippen LogP contribution < -0.4 is 16.0 Å². The summed E-state index contributed by atoms with van der Waals surface area (Å²) in [5, 5.41) is 4.15. The normalized spacial score (nSPS) is 15.1. The Morgan fingerprint density at radius 1 is 1.11 bits per heavy atom. The van der Waals surface area contributed by atoms with Gasteiger partial charge < -0.3 is 4.57 Å². The van der Waals surface area contributed by atoms with Gasteiger partial charge in [-0.1, -0.05) is 0 Å². The summed E-state index contributed by atoms with van der Waals surface area (Å²) in [4.78, 5) is 30.8. The average molecular weight is 502 g/mol. The van der Waals surface area contributed by atoms with Crippen LogP contribution in [0.25, 0.3) is 10.9 Å². The Labute approximate surface area is 199 Å². The number of nitrogens with zero attached hydrogens (tertiary/aromatic N) is 6. The Morgan fingerprint density at radius 3 is 2.49 bits per heavy atom. The fourth-order valence-electron chi connectivity index (χ4n) is 4.06. The number of sulfonamides is 1. The smallest absolute Gasteiger partial charge is 0.332 e. The van der Waals surface area contributed by atoms with E-state index in [-0.39, 0.29) is 28.9 Å². The largest absolute Gasteiger partial charge is 0.336 e. The van der Waals surface area contributed by atoms with Crippen LogP contribution in [0.1, 0.15) is 24.1 Å². The fourth-order valence-corrected chi connectivity index (χ4v) is 5.52. The third kappa shape index (κ3) is 4.21. The number of benzene rings is 1. The Hall–Kier alpha value is -3.58. The van der Waals surface area contributed by atoms with E-state index in [1.54, 1.807) is 48.3 Å². The van der Waals surface area contributed by atoms with E-state index in [0.29, 0.717) is 18.4 Å². The van der Waals surface area contributed by atoms with Crippen molar-refractivity contribution >= 4 is 20.9 Å². The van der Waals surface area contributed by atoms with Gasteiger partial charge in [-0.05, 0) is 31.0 Å². The number of halogens is 1. The monoisotopic (exact) mass is 501 g/mol. The van der Waals surface area contributed by atoms with Gasteiger partial charge in [0.1, 0.15) is 6.67 Å². The van der Waals surface area contributed by atoms with Crippen molar-refractivity contribution in [2.45, 2.75) is 36.4 Å². The molecule has 0 bridgehead atoms. The minimum absolute atomic E-state index is 0.0347. The third-order valence-corrected chi connectivity index (χ3v) is 7.88. The van der Waals surface area contributed by atoms with Crippen LogP contribution in [0.4, 0.5) is 4.39 Å². The molecule has 1 N–H and O–H groups in total. The quantitative estimate of drug-likeness (QED) is 0.375. The number of fused-ring (bicyclic) bond motifs is 1. The van der Waals surface area contributed by atoms with Crippen LogP contribution in [0, 0.1) is 0 Å². The Bertz CT molecular complexity index is 1660. The molecular formula is C22H24FN7O4S. The van der Waals surface area contributed by atoms with E-state index in [1.807, 2.05) is 0 Å². The number of nitrogens with one attached hydrogen (secondary N) is 1. The van der Waals surface area contributed by atoms with Gasteiger partial charge in [-0.25, -0.2) is 27.3 Å². The molecule has 11 nitrogen and oxygen atoms in total. The molecule has 0 spiro atoms. The predicted molar refractivity (Wildman–Crippen MR) is 125 cm³/mol. The molecule has 0 amide bonds. The summed E-state index contributed by atoms with van der Waals surface area (Å²) in [6.07, 6.45) is 7.29. The SMILES string of the molecule is Cn1cc(Cn2c(=O)c3cc(S(=O)(=O)NC4(CF)CC4)ccc3n(Cc3cncn3C)c2=O)cn1. The molecule has 0 atom stereocenters. The molecule has 3 aromatic heterocycles. The van der Waals surface area contributed by atoms with Gasteiger partial charge in [0.2, 0.25) is 10.0 Å². The van der Waals surface area contributed by atoms with Gasteiger partial charge in [0.25, 0.3) is 5.56 Å². The first-order valence-electron chi connectivity index (χ1n) is 10.9. The first kappa shape index (κ1) is 23.2. The summed E-state index contributed by atoms with van der Waals surface area (Å²) in [6.45, 7) is -0.719. The fraction of sp³-hybridized carbons (Fsp3) is 0.364. The zero-order valence-electron chi connectivity index (χ0n) is 19.2. The second-order valence-electron chi connectivity index (χ2n) is 8.98. The van der Waals surface area contributed by atoms with Crippen molar-refractivity contribution in [1.29, 1.82) is 0 Å². The van der Waals surface area contributed by atoms with Crippen molar-refractivity contribution in [2.24, 2.45) is 14.1 Å². The van der Waals surface area contributed by atoms with E-state index >= 15 is 0 Å². The molecule has 0 unspecified atom stereocenters. The van der Waals surface area contributed by atoms with E-state index in [0.717, 1.165) is 10.3 Å². The predicted octanol–water partition coefficient (Wildman–Crippen LogP) is 0.507. The van der Waals surface area contributed by atoms with E-state index in [2.05, 4.69) is 14.8 Å². The summed E-state index contributed by atoms with van der Waals surface area (Å²) in [5.41, 5.74) is -0.602. The highest BCUT2D eigenvalue weighted by Gasteiger charge is 2.46. The molecule has 1 saturated carbocycles. The summed E-state index contributed by atoms with van der Waals surface area (Å²) in [5.74, 6) is 0. The highest BCUT2D eigenvalue weighted by molar-refractivity contribution is 7.89. The summed E-state index contributed by atoms with van der Waals surface area (Å²) in [6, 6.07) is 4.00. The van der Waals surface area contributed by atoms with Crippen molar-refractivity contribution in [3.05, 3.63) is 75.2 Å². The maximum Gasteiger partial charge on any atom is 0.332 e. The summed E-state index contributed by atoms with van der Waals surface area (Å²) >= 11 is 0. The molecule has 4 aromatic rings. The third-order valence-electron chi connectivity index (χ3n) is 6.30. The lowest BCUT2D eigenvalue weighted by Crippen LogP contribution is -2.41. The number of aryl methyl sites for hydroxylation is 2. The van der Waals surface area contributed by atoms with Gasteiger partial charge in [-0.2, -0.15) is 5.10 Å². The summed E-state index contributed by atoms with van der Waals surface area (Å²) < 4.78 is 47.5. The number of hydrogen-bond acceptors (Lipinski definition) is 6. The van der Waals surface area contributed by atoms with Gasteiger partial charge in [0.05, 0.1) is 52.6 Å². The van der Waals surface area contributed by atoms with Gasteiger partial charge in [0.15, 0.2) is 0 Å². The molecule has 13 heteroatoms. The van der Waals surface area contributed by atoms with Crippen molar-refractivity contribution in [3.8, 4) is 0 Å². The van der Waals surface area contributed by atoms with Gasteiger partial charge in [-0.3, -0.25) is 18.6 Å². The van der Waals surface area contributed by atoms with Crippen LogP contribution in [-0.2, 0) is 37.2 Å². The van der Waals surface area contributed by atoms with Crippen LogP contribution >= 0.6 is 0 Å². The van der Waals surface area contributed by atoms with Crippen molar-refractivity contribution in [1.82, 2.24) is 33.2 Å². The van der Waals surface area contributed by atoms with Gasteiger partial charge >= 0.3 is 5.69 Å². The molecule has 0 saturated heterocycles. The summed E-state index contributed by atoms with van der Waals surface area (Å²) in [7, 11) is -0.565. The first-order valence-corrected chi connectivity index (χ1v) is 12.4. The number of imidazole rings is 1. The zero-order valence-corrected chi connectivity index (χ0v) is 20.0. The standard InChI is InChI=1S/C22H24FN7O4S/c1-27-14-24-9-16(27)12-29-19-4-3-17(35(33,34)26-22(13-23)5-6-22)7-18(19)20(31)30(21(29)32)11-15-8-25-28(2)10-15/h3-4,7-10,14,26H,5-6,11-13H2,1-2H3. The van der Waals surface area contributed by atoms with Gasteiger partial charge in [0, 0.05) is 32.1 Å². The van der Waals surface area contributed by atoms with E-state index in [9.17, 15) is 22.4 Å². The van der Waals surface area contributed by atoms with E-state index in [4.69, 9.17) is 0 Å². The van der Waals surface area contributed by atoms with E-state index < -0.39 is 33.5 Å². The zero-order chi connectivity index (χ0) is 25.0. The van der Waals surface area contributed by atoms with Crippen LogP contribution in [0.2, 0.25) is 0 Å². The Kier molecular flexibility index (Phi) is 5.48. The molecule has 1 aromatic carbocycles. The molecule has 1 fully saturated rings.